The summed E-state index contributed by atoms with van der Waals surface area (Å²) < 4.78 is 38.5. The van der Waals surface area contributed by atoms with Crippen LogP contribution in [0, 0.1) is 13.8 Å². The number of aromatic nitrogens is 2. The molecule has 0 unspecified atom stereocenters. The van der Waals surface area contributed by atoms with E-state index < -0.39 is 10.4 Å². The lowest BCUT2D eigenvalue weighted by Crippen LogP contribution is -2.32. The SMILES string of the molecule is CCCC[n+]1ccc(C)cc1.CCCC[n+]1ccc(C)cc1.O=S(=O)([O-])[O-]. The van der Waals surface area contributed by atoms with Crippen molar-refractivity contribution in [3.8, 4) is 0 Å². The lowest BCUT2D eigenvalue weighted by molar-refractivity contribution is -0.697. The number of nitrogens with zero attached hydrogens (tertiary/aromatic N) is 2. The Morgan fingerprint density at radius 2 is 1.00 bits per heavy atom. The van der Waals surface area contributed by atoms with E-state index in [-0.39, 0.29) is 0 Å². The Kier molecular flexibility index (Phi) is 13.3. The van der Waals surface area contributed by atoms with E-state index in [1.807, 2.05) is 0 Å². The molecule has 0 atom stereocenters. The average molecular weight is 397 g/mol. The minimum absolute atomic E-state index is 1.15. The number of hydrogen-bond acceptors (Lipinski definition) is 4. The van der Waals surface area contributed by atoms with Crippen molar-refractivity contribution in [2.45, 2.75) is 66.5 Å². The molecule has 0 aliphatic rings. The van der Waals surface area contributed by atoms with Crippen LogP contribution >= 0.6 is 0 Å². The summed E-state index contributed by atoms with van der Waals surface area (Å²) in [4.78, 5) is 0. The van der Waals surface area contributed by atoms with E-state index in [1.165, 1.54) is 36.8 Å². The van der Waals surface area contributed by atoms with Crippen molar-refractivity contribution in [1.82, 2.24) is 0 Å². The molecule has 0 amide bonds. The normalized spacial score (nSPS) is 10.3. The first-order chi connectivity index (χ1) is 12.7. The van der Waals surface area contributed by atoms with E-state index in [2.05, 4.69) is 85.9 Å². The van der Waals surface area contributed by atoms with E-state index >= 15 is 0 Å². The van der Waals surface area contributed by atoms with Gasteiger partial charge in [-0.05, 0) is 25.0 Å². The Balaban J connectivity index is 0.000000405. The molecule has 2 heterocycles. The maximum atomic E-state index is 8.52. The van der Waals surface area contributed by atoms with Crippen LogP contribution < -0.4 is 9.13 Å². The fraction of sp³-hybridized carbons (Fsp3) is 0.500. The van der Waals surface area contributed by atoms with Gasteiger partial charge in [-0.15, -0.1) is 0 Å². The van der Waals surface area contributed by atoms with Gasteiger partial charge in [-0.1, -0.05) is 26.7 Å². The second-order valence-corrected chi connectivity index (χ2v) is 7.16. The van der Waals surface area contributed by atoms with Crippen LogP contribution in [-0.2, 0) is 23.5 Å². The first-order valence-corrected chi connectivity index (χ1v) is 10.6. The molecule has 0 spiro atoms. The maximum absolute atomic E-state index is 8.52. The maximum Gasteiger partial charge on any atom is 0.169 e. The third-order valence-electron chi connectivity index (χ3n) is 3.66. The van der Waals surface area contributed by atoms with Crippen LogP contribution in [-0.4, -0.2) is 17.5 Å². The van der Waals surface area contributed by atoms with Crippen LogP contribution in [0.25, 0.3) is 0 Å². The number of unbranched alkanes of at least 4 members (excludes halogenated alkanes) is 2. The zero-order valence-electron chi connectivity index (χ0n) is 16.8. The zero-order valence-corrected chi connectivity index (χ0v) is 17.6. The molecule has 7 heteroatoms. The number of aryl methyl sites for hydroxylation is 4. The Morgan fingerprint density at radius 3 is 1.22 bits per heavy atom. The molecule has 2 aromatic heterocycles. The molecule has 2 aromatic rings. The first-order valence-electron chi connectivity index (χ1n) is 9.23. The van der Waals surface area contributed by atoms with Crippen molar-refractivity contribution in [1.29, 1.82) is 0 Å². The van der Waals surface area contributed by atoms with Crippen molar-refractivity contribution in [2.75, 3.05) is 0 Å². The lowest BCUT2D eigenvalue weighted by atomic mass is 10.3. The molecular weight excluding hydrogens is 364 g/mol. The van der Waals surface area contributed by atoms with Crippen LogP contribution in [0.4, 0.5) is 0 Å². The molecule has 6 nitrogen and oxygen atoms in total. The predicted octanol–water partition coefficient (Wildman–Crippen LogP) is 2.83. The molecule has 0 aliphatic heterocycles. The van der Waals surface area contributed by atoms with Crippen molar-refractivity contribution >= 4 is 10.4 Å². The van der Waals surface area contributed by atoms with Gasteiger partial charge in [0.15, 0.2) is 24.8 Å². The Hall–Kier alpha value is -1.83. The molecule has 0 saturated heterocycles. The van der Waals surface area contributed by atoms with Crippen LogP contribution in [0.15, 0.2) is 49.1 Å². The zero-order chi connectivity index (χ0) is 20.7. The Bertz CT molecular complexity index is 657. The molecule has 0 aliphatic carbocycles. The summed E-state index contributed by atoms with van der Waals surface area (Å²) in [5.41, 5.74) is 2.66. The van der Waals surface area contributed by atoms with Crippen molar-refractivity contribution in [2.24, 2.45) is 0 Å². The molecule has 0 bridgehead atoms. The van der Waals surface area contributed by atoms with E-state index in [1.54, 1.807) is 0 Å². The van der Waals surface area contributed by atoms with E-state index in [4.69, 9.17) is 17.5 Å². The van der Waals surface area contributed by atoms with Crippen molar-refractivity contribution in [3.63, 3.8) is 0 Å². The monoisotopic (exact) mass is 396 g/mol. The second-order valence-electron chi connectivity index (χ2n) is 6.34. The molecule has 152 valence electrons. The average Bonchev–Trinajstić information content (AvgIpc) is 2.60. The minimum atomic E-state index is -5.17. The van der Waals surface area contributed by atoms with Gasteiger partial charge in [0, 0.05) is 47.5 Å². The van der Waals surface area contributed by atoms with Gasteiger partial charge >= 0.3 is 0 Å². The summed E-state index contributed by atoms with van der Waals surface area (Å²) >= 11 is 0. The number of rotatable bonds is 6. The number of pyridine rings is 2. The van der Waals surface area contributed by atoms with Gasteiger partial charge in [-0.2, -0.15) is 0 Å². The lowest BCUT2D eigenvalue weighted by Gasteiger charge is -2.06. The van der Waals surface area contributed by atoms with Gasteiger partial charge in [-0.3, -0.25) is 8.42 Å². The minimum Gasteiger partial charge on any atom is -0.759 e. The molecule has 0 saturated carbocycles. The quantitative estimate of drug-likeness (QED) is 0.427. The third kappa shape index (κ3) is 17.3. The van der Waals surface area contributed by atoms with Crippen LogP contribution in [0.3, 0.4) is 0 Å². The third-order valence-corrected chi connectivity index (χ3v) is 3.66. The smallest absolute Gasteiger partial charge is 0.169 e. The van der Waals surface area contributed by atoms with Gasteiger partial charge in [0.25, 0.3) is 0 Å². The number of hydrogen-bond donors (Lipinski definition) is 0. The predicted molar refractivity (Wildman–Crippen MR) is 103 cm³/mol. The summed E-state index contributed by atoms with van der Waals surface area (Å²) in [6.07, 6.45) is 13.6. The molecule has 0 radical (unpaired) electrons. The fourth-order valence-corrected chi connectivity index (χ4v) is 2.04. The van der Waals surface area contributed by atoms with E-state index in [9.17, 15) is 0 Å². The summed E-state index contributed by atoms with van der Waals surface area (Å²) in [6, 6.07) is 8.59. The molecule has 0 N–H and O–H groups in total. The summed E-state index contributed by atoms with van der Waals surface area (Å²) in [6.45, 7) is 11.0. The summed E-state index contributed by atoms with van der Waals surface area (Å²) in [5.74, 6) is 0. The molecule has 27 heavy (non-hydrogen) atoms. The highest BCUT2D eigenvalue weighted by molar-refractivity contribution is 7.79. The van der Waals surface area contributed by atoms with Crippen molar-refractivity contribution in [3.05, 3.63) is 60.2 Å². The molecule has 2 rings (SSSR count). The molecule has 0 aromatic carbocycles. The van der Waals surface area contributed by atoms with Gasteiger partial charge < -0.3 is 9.11 Å². The van der Waals surface area contributed by atoms with Crippen LogP contribution in [0.1, 0.15) is 50.7 Å². The van der Waals surface area contributed by atoms with Gasteiger partial charge in [0.1, 0.15) is 13.1 Å². The highest BCUT2D eigenvalue weighted by atomic mass is 32.3. The van der Waals surface area contributed by atoms with Crippen molar-refractivity contribution < 1.29 is 26.7 Å². The molecule has 0 fully saturated rings. The highest BCUT2D eigenvalue weighted by Gasteiger charge is 1.96. The van der Waals surface area contributed by atoms with Crippen LogP contribution in [0.2, 0.25) is 0 Å². The van der Waals surface area contributed by atoms with Gasteiger partial charge in [-0.25, -0.2) is 9.13 Å². The van der Waals surface area contributed by atoms with Crippen LogP contribution in [0.5, 0.6) is 0 Å². The largest absolute Gasteiger partial charge is 0.759 e. The van der Waals surface area contributed by atoms with Gasteiger partial charge in [0.2, 0.25) is 0 Å². The standard InChI is InChI=1S/2C10H16N.H2O4S/c2*1-3-4-7-11-8-5-10(2)6-9-11;1-5(2,3)4/h2*5-6,8-9H,3-4,7H2,1-2H3;(H2,1,2,3,4)/q2*+1;/p-2. The van der Waals surface area contributed by atoms with Gasteiger partial charge in [0.05, 0.1) is 0 Å². The first kappa shape index (κ1) is 25.2. The summed E-state index contributed by atoms with van der Waals surface area (Å²) in [7, 11) is -5.17. The highest BCUT2D eigenvalue weighted by Crippen LogP contribution is 1.92. The fourth-order valence-electron chi connectivity index (χ4n) is 2.04. The Labute approximate surface area is 164 Å². The van der Waals surface area contributed by atoms with E-state index in [0.29, 0.717) is 0 Å². The topological polar surface area (TPSA) is 88.0 Å². The molecular formula is C20H32N2O4S. The van der Waals surface area contributed by atoms with E-state index in [0.717, 1.165) is 13.1 Å². The second kappa shape index (κ2) is 14.3. The Morgan fingerprint density at radius 1 is 0.741 bits per heavy atom. The summed E-state index contributed by atoms with van der Waals surface area (Å²) in [5, 5.41) is 0.